The molecule has 0 aliphatic carbocycles. The maximum Gasteiger partial charge on any atom is 0.0332 e. The van der Waals surface area contributed by atoms with Crippen molar-refractivity contribution < 1.29 is 0 Å². The standard InChI is InChI=1S/C15H26N2S/c1-5-11(2)15-9-17(12(3)8-16-15)13(4)14-6-7-18-10-14/h6-7,10-13,15-16H,5,8-9H2,1-4H3. The zero-order chi connectivity index (χ0) is 13.1. The van der Waals surface area contributed by atoms with Gasteiger partial charge in [-0.15, -0.1) is 0 Å². The second-order valence-corrected chi connectivity index (χ2v) is 6.46. The van der Waals surface area contributed by atoms with Crippen molar-refractivity contribution in [1.29, 1.82) is 0 Å². The molecule has 4 unspecified atom stereocenters. The van der Waals surface area contributed by atoms with E-state index in [2.05, 4.69) is 54.7 Å². The van der Waals surface area contributed by atoms with Crippen molar-refractivity contribution in [1.82, 2.24) is 10.2 Å². The van der Waals surface area contributed by atoms with Crippen molar-refractivity contribution in [2.45, 2.75) is 52.2 Å². The smallest absolute Gasteiger partial charge is 0.0332 e. The average molecular weight is 266 g/mol. The highest BCUT2D eigenvalue weighted by Gasteiger charge is 2.31. The minimum Gasteiger partial charge on any atom is -0.311 e. The maximum absolute atomic E-state index is 3.71. The molecule has 1 N–H and O–H groups in total. The van der Waals surface area contributed by atoms with Crippen LogP contribution < -0.4 is 5.32 Å². The molecule has 2 nitrogen and oxygen atoms in total. The number of nitrogens with one attached hydrogen (secondary N) is 1. The molecule has 0 amide bonds. The molecule has 0 aromatic carbocycles. The predicted molar refractivity (Wildman–Crippen MR) is 80.1 cm³/mol. The number of hydrogen-bond donors (Lipinski definition) is 1. The summed E-state index contributed by atoms with van der Waals surface area (Å²) < 4.78 is 0. The Morgan fingerprint density at radius 3 is 2.89 bits per heavy atom. The van der Waals surface area contributed by atoms with E-state index in [1.165, 1.54) is 18.5 Å². The van der Waals surface area contributed by atoms with Crippen LogP contribution in [-0.4, -0.2) is 30.1 Å². The van der Waals surface area contributed by atoms with Gasteiger partial charge in [-0.25, -0.2) is 0 Å². The van der Waals surface area contributed by atoms with E-state index in [9.17, 15) is 0 Å². The first-order valence-corrected chi connectivity index (χ1v) is 8.09. The van der Waals surface area contributed by atoms with Crippen LogP contribution >= 0.6 is 11.3 Å². The SMILES string of the molecule is CCC(C)C1CN(C(C)c2ccsc2)C(C)CN1. The van der Waals surface area contributed by atoms with Gasteiger partial charge in [0.15, 0.2) is 0 Å². The zero-order valence-corrected chi connectivity index (χ0v) is 12.8. The van der Waals surface area contributed by atoms with Crippen molar-refractivity contribution in [3.63, 3.8) is 0 Å². The van der Waals surface area contributed by atoms with Crippen molar-refractivity contribution in [3.8, 4) is 0 Å². The third-order valence-corrected chi connectivity index (χ3v) is 5.20. The molecule has 102 valence electrons. The Kier molecular flexibility index (Phi) is 4.82. The summed E-state index contributed by atoms with van der Waals surface area (Å²) in [6.07, 6.45) is 1.26. The molecule has 1 aromatic heterocycles. The Morgan fingerprint density at radius 2 is 2.28 bits per heavy atom. The minimum absolute atomic E-state index is 0.542. The molecule has 1 fully saturated rings. The molecule has 1 aromatic rings. The van der Waals surface area contributed by atoms with E-state index < -0.39 is 0 Å². The Morgan fingerprint density at radius 1 is 1.50 bits per heavy atom. The van der Waals surface area contributed by atoms with Crippen LogP contribution in [0.5, 0.6) is 0 Å². The van der Waals surface area contributed by atoms with Gasteiger partial charge in [0.25, 0.3) is 0 Å². The van der Waals surface area contributed by atoms with Crippen LogP contribution in [0, 0.1) is 5.92 Å². The lowest BCUT2D eigenvalue weighted by atomic mass is 9.94. The monoisotopic (exact) mass is 266 g/mol. The molecular formula is C15H26N2S. The first kappa shape index (κ1) is 14.0. The number of hydrogen-bond acceptors (Lipinski definition) is 3. The number of nitrogens with zero attached hydrogens (tertiary/aromatic N) is 1. The van der Waals surface area contributed by atoms with Crippen molar-refractivity contribution in [2.75, 3.05) is 13.1 Å². The van der Waals surface area contributed by atoms with Crippen LogP contribution in [0.1, 0.15) is 45.7 Å². The summed E-state index contributed by atoms with van der Waals surface area (Å²) in [6.45, 7) is 11.6. The van der Waals surface area contributed by atoms with Gasteiger partial charge < -0.3 is 5.32 Å². The lowest BCUT2D eigenvalue weighted by Crippen LogP contribution is -2.57. The highest BCUT2D eigenvalue weighted by molar-refractivity contribution is 7.07. The number of thiophene rings is 1. The van der Waals surface area contributed by atoms with E-state index in [1.807, 2.05) is 0 Å². The third-order valence-electron chi connectivity index (χ3n) is 4.50. The van der Waals surface area contributed by atoms with Crippen molar-refractivity contribution in [3.05, 3.63) is 22.4 Å². The molecule has 4 atom stereocenters. The number of rotatable bonds is 4. The molecule has 0 spiro atoms. The van der Waals surface area contributed by atoms with Crippen LogP contribution in [0.3, 0.4) is 0 Å². The van der Waals surface area contributed by atoms with E-state index in [0.29, 0.717) is 18.1 Å². The second kappa shape index (κ2) is 6.18. The van der Waals surface area contributed by atoms with Gasteiger partial charge in [-0.2, -0.15) is 11.3 Å². The summed E-state index contributed by atoms with van der Waals surface area (Å²) in [5.74, 6) is 0.759. The molecule has 18 heavy (non-hydrogen) atoms. The number of piperazine rings is 1. The highest BCUT2D eigenvalue weighted by atomic mass is 32.1. The van der Waals surface area contributed by atoms with Crippen LogP contribution in [0.25, 0.3) is 0 Å². The van der Waals surface area contributed by atoms with Crippen LogP contribution in [0.2, 0.25) is 0 Å². The fourth-order valence-electron chi connectivity index (χ4n) is 2.82. The van der Waals surface area contributed by atoms with Crippen molar-refractivity contribution >= 4 is 11.3 Å². The predicted octanol–water partition coefficient (Wildman–Crippen LogP) is 3.52. The summed E-state index contributed by atoms with van der Waals surface area (Å²) in [6, 6.07) is 4.08. The van der Waals surface area contributed by atoms with Gasteiger partial charge in [-0.3, -0.25) is 4.90 Å². The topological polar surface area (TPSA) is 15.3 Å². The first-order valence-electron chi connectivity index (χ1n) is 7.14. The lowest BCUT2D eigenvalue weighted by Gasteiger charge is -2.44. The van der Waals surface area contributed by atoms with E-state index in [0.717, 1.165) is 12.5 Å². The quantitative estimate of drug-likeness (QED) is 0.897. The zero-order valence-electron chi connectivity index (χ0n) is 12.0. The average Bonchev–Trinajstić information content (AvgIpc) is 2.91. The Hall–Kier alpha value is -0.380. The first-order chi connectivity index (χ1) is 8.63. The van der Waals surface area contributed by atoms with Gasteiger partial charge in [0.05, 0.1) is 0 Å². The van der Waals surface area contributed by atoms with E-state index in [-0.39, 0.29) is 0 Å². The fraction of sp³-hybridized carbons (Fsp3) is 0.733. The largest absolute Gasteiger partial charge is 0.311 e. The highest BCUT2D eigenvalue weighted by Crippen LogP contribution is 2.27. The summed E-state index contributed by atoms with van der Waals surface area (Å²) in [4.78, 5) is 2.66. The molecule has 0 radical (unpaired) electrons. The summed E-state index contributed by atoms with van der Waals surface area (Å²) in [7, 11) is 0. The lowest BCUT2D eigenvalue weighted by molar-refractivity contribution is 0.0820. The molecule has 1 aliphatic heterocycles. The maximum atomic E-state index is 3.71. The van der Waals surface area contributed by atoms with Gasteiger partial charge >= 0.3 is 0 Å². The van der Waals surface area contributed by atoms with Gasteiger partial charge in [0, 0.05) is 31.2 Å². The summed E-state index contributed by atoms with van der Waals surface area (Å²) in [5.41, 5.74) is 1.47. The third kappa shape index (κ3) is 2.95. The molecule has 0 saturated carbocycles. The van der Waals surface area contributed by atoms with E-state index >= 15 is 0 Å². The Labute approximate surface area is 115 Å². The molecule has 2 rings (SSSR count). The van der Waals surface area contributed by atoms with Crippen LogP contribution in [0.4, 0.5) is 0 Å². The second-order valence-electron chi connectivity index (χ2n) is 5.68. The normalized spacial score (nSPS) is 29.1. The van der Waals surface area contributed by atoms with Gasteiger partial charge in [0.1, 0.15) is 0 Å². The van der Waals surface area contributed by atoms with Gasteiger partial charge in [0.2, 0.25) is 0 Å². The van der Waals surface area contributed by atoms with E-state index in [4.69, 9.17) is 0 Å². The van der Waals surface area contributed by atoms with Gasteiger partial charge in [-0.05, 0) is 42.2 Å². The van der Waals surface area contributed by atoms with Crippen LogP contribution in [-0.2, 0) is 0 Å². The van der Waals surface area contributed by atoms with Crippen LogP contribution in [0.15, 0.2) is 16.8 Å². The minimum atomic E-state index is 0.542. The summed E-state index contributed by atoms with van der Waals surface area (Å²) in [5, 5.41) is 8.19. The molecule has 1 aliphatic rings. The fourth-order valence-corrected chi connectivity index (χ4v) is 3.57. The Balaban J connectivity index is 2.05. The molecule has 0 bridgehead atoms. The molecule has 3 heteroatoms. The summed E-state index contributed by atoms with van der Waals surface area (Å²) >= 11 is 1.80. The molecular weight excluding hydrogens is 240 g/mol. The van der Waals surface area contributed by atoms with E-state index in [1.54, 1.807) is 11.3 Å². The molecule has 2 heterocycles. The van der Waals surface area contributed by atoms with Gasteiger partial charge in [-0.1, -0.05) is 20.3 Å². The van der Waals surface area contributed by atoms with Crippen molar-refractivity contribution in [2.24, 2.45) is 5.92 Å². The Bertz CT molecular complexity index is 349. The molecule has 1 saturated heterocycles.